The number of aliphatic hydroxyl groups is 1. The second-order valence-electron chi connectivity index (χ2n) is 4.85. The summed E-state index contributed by atoms with van der Waals surface area (Å²) in [7, 11) is 1.65. The highest BCUT2D eigenvalue weighted by Gasteiger charge is 2.29. The van der Waals surface area contributed by atoms with E-state index in [0.29, 0.717) is 13.2 Å². The average Bonchev–Trinajstić information content (AvgIpc) is 2.11. The van der Waals surface area contributed by atoms with Crippen LogP contribution in [0.2, 0.25) is 0 Å². The molecule has 0 aromatic heterocycles. The summed E-state index contributed by atoms with van der Waals surface area (Å²) >= 11 is 0. The molecule has 0 aromatic carbocycles. The first-order valence-electron chi connectivity index (χ1n) is 5.13. The first kappa shape index (κ1) is 13.9. The molecule has 0 bridgehead atoms. The number of rotatable bonds is 6. The fourth-order valence-corrected chi connectivity index (χ4v) is 1.12. The van der Waals surface area contributed by atoms with E-state index in [1.165, 1.54) is 0 Å². The van der Waals surface area contributed by atoms with Crippen LogP contribution in [0.5, 0.6) is 0 Å². The molecular weight excluding hydrogens is 180 g/mol. The molecule has 0 heterocycles. The van der Waals surface area contributed by atoms with Gasteiger partial charge in [-0.3, -0.25) is 0 Å². The van der Waals surface area contributed by atoms with Crippen LogP contribution in [0.25, 0.3) is 0 Å². The van der Waals surface area contributed by atoms with Gasteiger partial charge in [0.25, 0.3) is 0 Å². The van der Waals surface area contributed by atoms with Gasteiger partial charge in [-0.2, -0.15) is 0 Å². The van der Waals surface area contributed by atoms with Gasteiger partial charge in [0.05, 0.1) is 25.4 Å². The minimum absolute atomic E-state index is 0.105. The lowest BCUT2D eigenvalue weighted by molar-refractivity contribution is -0.0920. The number of hydrogen-bond acceptors (Lipinski definition) is 3. The number of hydrogen-bond donors (Lipinski definition) is 1. The van der Waals surface area contributed by atoms with Crippen molar-refractivity contribution in [2.45, 2.75) is 39.7 Å². The van der Waals surface area contributed by atoms with Gasteiger partial charge < -0.3 is 14.6 Å². The molecular formula is C11H24O3. The van der Waals surface area contributed by atoms with Crippen LogP contribution in [-0.4, -0.2) is 37.6 Å². The molecule has 0 aliphatic rings. The Balaban J connectivity index is 4.21. The Labute approximate surface area is 87.4 Å². The predicted octanol–water partition coefficient (Wildman–Crippen LogP) is 1.84. The van der Waals surface area contributed by atoms with Gasteiger partial charge in [0, 0.05) is 12.5 Å². The Kier molecular flexibility index (Phi) is 5.64. The SMILES string of the molecule is CCC(CO)(COC)COC(C)(C)C. The van der Waals surface area contributed by atoms with Gasteiger partial charge in [-0.1, -0.05) is 6.92 Å². The fourth-order valence-electron chi connectivity index (χ4n) is 1.12. The molecule has 1 unspecified atom stereocenters. The van der Waals surface area contributed by atoms with E-state index in [1.807, 2.05) is 27.7 Å². The molecule has 0 radical (unpaired) electrons. The zero-order valence-electron chi connectivity index (χ0n) is 10.1. The van der Waals surface area contributed by atoms with Crippen molar-refractivity contribution in [3.63, 3.8) is 0 Å². The lowest BCUT2D eigenvalue weighted by Gasteiger charge is -2.33. The molecule has 0 aliphatic carbocycles. The largest absolute Gasteiger partial charge is 0.396 e. The highest BCUT2D eigenvalue weighted by atomic mass is 16.5. The van der Waals surface area contributed by atoms with Gasteiger partial charge in [0.1, 0.15) is 0 Å². The lowest BCUT2D eigenvalue weighted by Crippen LogP contribution is -2.38. The van der Waals surface area contributed by atoms with E-state index in [1.54, 1.807) is 7.11 Å². The minimum Gasteiger partial charge on any atom is -0.396 e. The van der Waals surface area contributed by atoms with E-state index in [9.17, 15) is 5.11 Å². The summed E-state index contributed by atoms with van der Waals surface area (Å²) in [6.07, 6.45) is 0.855. The van der Waals surface area contributed by atoms with Crippen LogP contribution in [0.1, 0.15) is 34.1 Å². The summed E-state index contributed by atoms with van der Waals surface area (Å²) in [6, 6.07) is 0. The highest BCUT2D eigenvalue weighted by molar-refractivity contribution is 4.78. The van der Waals surface area contributed by atoms with Crippen molar-refractivity contribution in [2.24, 2.45) is 5.41 Å². The molecule has 0 saturated heterocycles. The van der Waals surface area contributed by atoms with Crippen molar-refractivity contribution in [1.82, 2.24) is 0 Å². The third-order valence-corrected chi connectivity index (χ3v) is 2.35. The zero-order valence-corrected chi connectivity index (χ0v) is 10.1. The third-order valence-electron chi connectivity index (χ3n) is 2.35. The molecule has 0 spiro atoms. The minimum atomic E-state index is -0.248. The quantitative estimate of drug-likeness (QED) is 0.717. The summed E-state index contributed by atoms with van der Waals surface area (Å²) in [5.41, 5.74) is -0.411. The molecule has 0 amide bonds. The summed E-state index contributed by atoms with van der Waals surface area (Å²) in [6.45, 7) is 9.26. The van der Waals surface area contributed by atoms with E-state index in [4.69, 9.17) is 9.47 Å². The van der Waals surface area contributed by atoms with E-state index >= 15 is 0 Å². The van der Waals surface area contributed by atoms with Crippen LogP contribution in [0, 0.1) is 5.41 Å². The third kappa shape index (κ3) is 4.94. The molecule has 0 rings (SSSR count). The molecule has 3 nitrogen and oxygen atoms in total. The average molecular weight is 204 g/mol. The number of aliphatic hydroxyl groups excluding tert-OH is 1. The predicted molar refractivity (Wildman–Crippen MR) is 57.4 cm³/mol. The smallest absolute Gasteiger partial charge is 0.0598 e. The van der Waals surface area contributed by atoms with Crippen LogP contribution in [0.4, 0.5) is 0 Å². The summed E-state index contributed by atoms with van der Waals surface area (Å²) in [5.74, 6) is 0. The van der Waals surface area contributed by atoms with Crippen molar-refractivity contribution in [3.8, 4) is 0 Å². The van der Waals surface area contributed by atoms with Gasteiger partial charge in [-0.25, -0.2) is 0 Å². The summed E-state index contributed by atoms with van der Waals surface area (Å²) in [5, 5.41) is 9.34. The van der Waals surface area contributed by atoms with Crippen LogP contribution in [-0.2, 0) is 9.47 Å². The molecule has 0 aromatic rings. The molecule has 14 heavy (non-hydrogen) atoms. The van der Waals surface area contributed by atoms with E-state index in [-0.39, 0.29) is 17.6 Å². The monoisotopic (exact) mass is 204 g/mol. The molecule has 86 valence electrons. The molecule has 0 saturated carbocycles. The van der Waals surface area contributed by atoms with Crippen molar-refractivity contribution in [2.75, 3.05) is 26.9 Å². The molecule has 0 fully saturated rings. The van der Waals surface area contributed by atoms with Crippen molar-refractivity contribution >= 4 is 0 Å². The van der Waals surface area contributed by atoms with Gasteiger partial charge in [-0.15, -0.1) is 0 Å². The normalized spacial score (nSPS) is 16.7. The van der Waals surface area contributed by atoms with Crippen LogP contribution >= 0.6 is 0 Å². The second-order valence-corrected chi connectivity index (χ2v) is 4.85. The summed E-state index contributed by atoms with van der Waals surface area (Å²) < 4.78 is 10.8. The second kappa shape index (κ2) is 5.69. The lowest BCUT2D eigenvalue weighted by atomic mass is 9.88. The van der Waals surface area contributed by atoms with Crippen LogP contribution in [0.15, 0.2) is 0 Å². The molecule has 0 aliphatic heterocycles. The summed E-state index contributed by atoms with van der Waals surface area (Å²) in [4.78, 5) is 0. The first-order chi connectivity index (χ1) is 6.39. The first-order valence-corrected chi connectivity index (χ1v) is 5.13. The Morgan fingerprint density at radius 3 is 2.00 bits per heavy atom. The van der Waals surface area contributed by atoms with Gasteiger partial charge in [-0.05, 0) is 27.2 Å². The van der Waals surface area contributed by atoms with Gasteiger partial charge in [0.2, 0.25) is 0 Å². The molecule has 3 heteroatoms. The van der Waals surface area contributed by atoms with E-state index < -0.39 is 0 Å². The van der Waals surface area contributed by atoms with Gasteiger partial charge in [0.15, 0.2) is 0 Å². The maximum atomic E-state index is 9.34. The Hall–Kier alpha value is -0.120. The topological polar surface area (TPSA) is 38.7 Å². The molecule has 1 N–H and O–H groups in total. The number of ether oxygens (including phenoxy) is 2. The van der Waals surface area contributed by atoms with Crippen LogP contribution in [0.3, 0.4) is 0 Å². The standard InChI is InChI=1S/C11H24O3/c1-6-11(7-12,8-13-5)9-14-10(2,3)4/h12H,6-9H2,1-5H3. The zero-order chi connectivity index (χ0) is 11.2. The van der Waals surface area contributed by atoms with Crippen molar-refractivity contribution in [1.29, 1.82) is 0 Å². The van der Waals surface area contributed by atoms with Crippen molar-refractivity contribution in [3.05, 3.63) is 0 Å². The maximum absolute atomic E-state index is 9.34. The van der Waals surface area contributed by atoms with Crippen LogP contribution < -0.4 is 0 Å². The number of methoxy groups -OCH3 is 1. The molecule has 1 atom stereocenters. The van der Waals surface area contributed by atoms with E-state index in [2.05, 4.69) is 0 Å². The van der Waals surface area contributed by atoms with E-state index in [0.717, 1.165) is 6.42 Å². The highest BCUT2D eigenvalue weighted by Crippen LogP contribution is 2.24. The van der Waals surface area contributed by atoms with Gasteiger partial charge >= 0.3 is 0 Å². The van der Waals surface area contributed by atoms with Crippen molar-refractivity contribution < 1.29 is 14.6 Å². The fraction of sp³-hybridized carbons (Fsp3) is 1.00. The Morgan fingerprint density at radius 1 is 1.14 bits per heavy atom. The Bertz CT molecular complexity index is 145. The Morgan fingerprint density at radius 2 is 1.71 bits per heavy atom. The maximum Gasteiger partial charge on any atom is 0.0598 e.